The van der Waals surface area contributed by atoms with E-state index in [0.29, 0.717) is 5.92 Å². The summed E-state index contributed by atoms with van der Waals surface area (Å²) in [6.45, 7) is 5.73. The summed E-state index contributed by atoms with van der Waals surface area (Å²) >= 11 is 0. The van der Waals surface area contributed by atoms with Crippen LogP contribution in [0.15, 0.2) is 0 Å². The van der Waals surface area contributed by atoms with Crippen LogP contribution in [0.4, 0.5) is 0 Å². The van der Waals surface area contributed by atoms with Crippen molar-refractivity contribution in [3.8, 4) is 0 Å². The molecular formula is C14H23NO3. The summed E-state index contributed by atoms with van der Waals surface area (Å²) in [6.07, 6.45) is 3.59. The molecule has 2 saturated carbocycles. The van der Waals surface area contributed by atoms with Crippen molar-refractivity contribution in [2.75, 3.05) is 0 Å². The third-order valence-corrected chi connectivity index (χ3v) is 4.66. The molecule has 0 saturated heterocycles. The van der Waals surface area contributed by atoms with Gasteiger partial charge in [-0.05, 0) is 43.4 Å². The van der Waals surface area contributed by atoms with Gasteiger partial charge in [0.2, 0.25) is 5.91 Å². The highest BCUT2D eigenvalue weighted by atomic mass is 16.4. The van der Waals surface area contributed by atoms with E-state index < -0.39 is 5.97 Å². The first-order valence-corrected chi connectivity index (χ1v) is 6.84. The highest BCUT2D eigenvalue weighted by Gasteiger charge is 2.51. The maximum atomic E-state index is 11.4. The predicted octanol–water partition coefficient (Wildman–Crippen LogP) is 2.04. The van der Waals surface area contributed by atoms with Crippen LogP contribution in [0.5, 0.6) is 0 Å². The molecule has 0 radical (unpaired) electrons. The summed E-state index contributed by atoms with van der Waals surface area (Å²) in [7, 11) is 0. The van der Waals surface area contributed by atoms with Crippen LogP contribution in [-0.4, -0.2) is 22.5 Å². The van der Waals surface area contributed by atoms with Crippen molar-refractivity contribution in [1.82, 2.24) is 5.32 Å². The van der Waals surface area contributed by atoms with E-state index in [1.807, 2.05) is 6.92 Å². The Morgan fingerprint density at radius 1 is 1.22 bits per heavy atom. The van der Waals surface area contributed by atoms with E-state index in [9.17, 15) is 14.7 Å². The van der Waals surface area contributed by atoms with E-state index in [4.69, 9.17) is 0 Å². The van der Waals surface area contributed by atoms with Crippen LogP contribution in [0.25, 0.3) is 0 Å². The van der Waals surface area contributed by atoms with Gasteiger partial charge in [0.25, 0.3) is 0 Å². The highest BCUT2D eigenvalue weighted by Crippen LogP contribution is 2.50. The van der Waals surface area contributed by atoms with Gasteiger partial charge in [-0.2, -0.15) is 0 Å². The molecule has 5 unspecified atom stereocenters. The minimum absolute atomic E-state index is 0.00354. The summed E-state index contributed by atoms with van der Waals surface area (Å²) in [5.41, 5.74) is -0.153. The molecule has 1 amide bonds. The van der Waals surface area contributed by atoms with Crippen LogP contribution in [0.1, 0.15) is 46.5 Å². The zero-order valence-electron chi connectivity index (χ0n) is 11.4. The molecule has 102 valence electrons. The maximum Gasteiger partial charge on any atom is 0.307 e. The number of hydrogen-bond donors (Lipinski definition) is 2. The minimum atomic E-state index is -0.668. The summed E-state index contributed by atoms with van der Waals surface area (Å²) in [5, 5.41) is 12.5. The third kappa shape index (κ3) is 2.38. The average Bonchev–Trinajstić information content (AvgIpc) is 2.11. The Labute approximate surface area is 108 Å². The van der Waals surface area contributed by atoms with E-state index in [1.54, 1.807) is 6.92 Å². The van der Waals surface area contributed by atoms with Gasteiger partial charge in [-0.3, -0.25) is 9.59 Å². The molecule has 2 aliphatic carbocycles. The summed E-state index contributed by atoms with van der Waals surface area (Å²) in [6, 6.07) is 0. The van der Waals surface area contributed by atoms with Gasteiger partial charge in [-0.25, -0.2) is 0 Å². The lowest BCUT2D eigenvalue weighted by Crippen LogP contribution is -2.59. The van der Waals surface area contributed by atoms with Crippen LogP contribution in [0, 0.1) is 23.7 Å². The normalized spacial score (nSPS) is 43.3. The first-order chi connectivity index (χ1) is 8.33. The first kappa shape index (κ1) is 13.4. The second kappa shape index (κ2) is 4.56. The van der Waals surface area contributed by atoms with Crippen molar-refractivity contribution in [3.63, 3.8) is 0 Å². The maximum absolute atomic E-state index is 11.4. The van der Waals surface area contributed by atoms with E-state index >= 15 is 0 Å². The fourth-order valence-electron chi connectivity index (χ4n) is 4.56. The number of fused-ring (bicyclic) bond motifs is 2. The van der Waals surface area contributed by atoms with Crippen LogP contribution >= 0.6 is 0 Å². The average molecular weight is 253 g/mol. The Morgan fingerprint density at radius 2 is 1.89 bits per heavy atom. The van der Waals surface area contributed by atoms with E-state index in [1.165, 1.54) is 0 Å². The second-order valence-corrected chi connectivity index (χ2v) is 6.52. The Bertz CT molecular complexity index is 364. The number of amides is 1. The van der Waals surface area contributed by atoms with Gasteiger partial charge in [0.05, 0.1) is 5.92 Å². The molecule has 0 aromatic heterocycles. The minimum Gasteiger partial charge on any atom is -0.481 e. The third-order valence-electron chi connectivity index (χ3n) is 4.66. The summed E-state index contributed by atoms with van der Waals surface area (Å²) in [5.74, 6) is -0.0658. The van der Waals surface area contributed by atoms with Crippen LogP contribution in [-0.2, 0) is 9.59 Å². The van der Waals surface area contributed by atoms with E-state index in [-0.39, 0.29) is 29.2 Å². The lowest BCUT2D eigenvalue weighted by atomic mass is 9.56. The number of aliphatic carboxylic acids is 1. The zero-order chi connectivity index (χ0) is 13.5. The van der Waals surface area contributed by atoms with Crippen molar-refractivity contribution < 1.29 is 14.7 Å². The first-order valence-electron chi connectivity index (χ1n) is 6.84. The molecule has 0 aromatic carbocycles. The van der Waals surface area contributed by atoms with Gasteiger partial charge < -0.3 is 10.4 Å². The predicted molar refractivity (Wildman–Crippen MR) is 68.0 cm³/mol. The Morgan fingerprint density at radius 3 is 2.44 bits per heavy atom. The molecule has 2 fully saturated rings. The molecule has 5 atom stereocenters. The molecular weight excluding hydrogens is 230 g/mol. The number of nitrogens with one attached hydrogen (secondary N) is 1. The number of carboxylic acid groups (broad SMARTS) is 1. The van der Waals surface area contributed by atoms with Crippen molar-refractivity contribution in [2.24, 2.45) is 23.7 Å². The summed E-state index contributed by atoms with van der Waals surface area (Å²) in [4.78, 5) is 22.8. The zero-order valence-corrected chi connectivity index (χ0v) is 11.4. The lowest BCUT2D eigenvalue weighted by molar-refractivity contribution is -0.151. The summed E-state index contributed by atoms with van der Waals surface area (Å²) < 4.78 is 0. The van der Waals surface area contributed by atoms with Crippen molar-refractivity contribution in [3.05, 3.63) is 0 Å². The van der Waals surface area contributed by atoms with Gasteiger partial charge in [0.1, 0.15) is 0 Å². The molecule has 0 heterocycles. The van der Waals surface area contributed by atoms with Gasteiger partial charge in [0, 0.05) is 12.5 Å². The van der Waals surface area contributed by atoms with Crippen LogP contribution in [0.3, 0.4) is 0 Å². The monoisotopic (exact) mass is 253 g/mol. The highest BCUT2D eigenvalue weighted by molar-refractivity contribution is 5.74. The van der Waals surface area contributed by atoms with Crippen molar-refractivity contribution in [1.29, 1.82) is 0 Å². The number of carbonyl (C=O) groups is 2. The van der Waals surface area contributed by atoms with Crippen LogP contribution in [0.2, 0.25) is 0 Å². The molecule has 4 nitrogen and oxygen atoms in total. The van der Waals surface area contributed by atoms with Crippen molar-refractivity contribution >= 4 is 11.9 Å². The second-order valence-electron chi connectivity index (χ2n) is 6.52. The van der Waals surface area contributed by atoms with E-state index in [0.717, 1.165) is 25.7 Å². The fraction of sp³-hybridized carbons (Fsp3) is 0.857. The molecule has 2 N–H and O–H groups in total. The molecule has 2 rings (SSSR count). The van der Waals surface area contributed by atoms with Gasteiger partial charge in [-0.15, -0.1) is 0 Å². The van der Waals surface area contributed by atoms with E-state index in [2.05, 4.69) is 12.2 Å². The Kier molecular flexibility index (Phi) is 3.39. The van der Waals surface area contributed by atoms with Gasteiger partial charge >= 0.3 is 5.97 Å². The molecule has 18 heavy (non-hydrogen) atoms. The number of carboxylic acids is 1. The largest absolute Gasteiger partial charge is 0.481 e. The lowest BCUT2D eigenvalue weighted by Gasteiger charge is -2.52. The van der Waals surface area contributed by atoms with Crippen LogP contribution < -0.4 is 5.32 Å². The smallest absolute Gasteiger partial charge is 0.307 e. The topological polar surface area (TPSA) is 66.4 Å². The Balaban J connectivity index is 2.25. The number of carbonyl (C=O) groups excluding carboxylic acids is 1. The molecule has 2 bridgehead atoms. The fourth-order valence-corrected chi connectivity index (χ4v) is 4.56. The van der Waals surface area contributed by atoms with Gasteiger partial charge in [0.15, 0.2) is 0 Å². The molecule has 0 aromatic rings. The SMILES string of the molecule is CC(=O)NC12CC(C)CC(C1)C(C(=O)O)C(C)C2. The van der Waals surface area contributed by atoms with Crippen molar-refractivity contribution in [2.45, 2.75) is 52.0 Å². The number of rotatable bonds is 2. The number of hydrogen-bond acceptors (Lipinski definition) is 2. The standard InChI is InChI=1S/C14H23NO3/c1-8-4-11-7-14(5-8,15-10(3)16)6-9(2)12(11)13(17)18/h8-9,11-12H,4-7H2,1-3H3,(H,15,16)(H,17,18). The Hall–Kier alpha value is -1.06. The molecule has 2 aliphatic rings. The molecule has 4 heteroatoms. The quantitative estimate of drug-likeness (QED) is 0.791. The molecule has 0 spiro atoms. The van der Waals surface area contributed by atoms with Gasteiger partial charge in [-0.1, -0.05) is 13.8 Å². The molecule has 0 aliphatic heterocycles.